The standard InChI is InChI=1S/C19H13Cl2N7O2/c1-30-11-4-2-3-9(7-11)15-14-16(18(29)24-23-15)22-19-25-26-27-28(19)17(14)12-6-5-10(20)8-13(12)21/h2-8,17H,1H3,(H,24,29)(H,22,25,27)/t17-/m0/s1. The number of benzene rings is 2. The number of tetrazole rings is 1. The van der Waals surface area contributed by atoms with Gasteiger partial charge in [-0.15, -0.1) is 0 Å². The summed E-state index contributed by atoms with van der Waals surface area (Å²) in [4.78, 5) is 12.7. The molecule has 0 fully saturated rings. The fraction of sp³-hybridized carbons (Fsp3) is 0.105. The molecular weight excluding hydrogens is 429 g/mol. The number of methoxy groups -OCH3 is 1. The van der Waals surface area contributed by atoms with Gasteiger partial charge in [0, 0.05) is 26.7 Å². The van der Waals surface area contributed by atoms with Crippen LogP contribution in [0.3, 0.4) is 0 Å². The molecule has 0 radical (unpaired) electrons. The molecule has 30 heavy (non-hydrogen) atoms. The molecule has 9 nitrogen and oxygen atoms in total. The topological polar surface area (TPSA) is 111 Å². The smallest absolute Gasteiger partial charge is 0.288 e. The van der Waals surface area contributed by atoms with Gasteiger partial charge in [-0.1, -0.05) is 46.5 Å². The molecule has 2 aromatic carbocycles. The highest BCUT2D eigenvalue weighted by molar-refractivity contribution is 6.35. The molecule has 2 N–H and O–H groups in total. The molecule has 4 aromatic rings. The number of halogens is 2. The van der Waals surface area contributed by atoms with Crippen molar-refractivity contribution in [2.75, 3.05) is 12.4 Å². The Morgan fingerprint density at radius 2 is 2.03 bits per heavy atom. The number of nitrogens with one attached hydrogen (secondary N) is 2. The predicted octanol–water partition coefficient (Wildman–Crippen LogP) is 3.43. The van der Waals surface area contributed by atoms with Gasteiger partial charge < -0.3 is 10.1 Å². The number of anilines is 2. The number of hydrogen-bond acceptors (Lipinski definition) is 7. The van der Waals surface area contributed by atoms with Crippen LogP contribution in [-0.2, 0) is 0 Å². The second kappa shape index (κ2) is 7.12. The van der Waals surface area contributed by atoms with E-state index in [0.717, 1.165) is 5.56 Å². The van der Waals surface area contributed by atoms with Crippen LogP contribution in [0, 0.1) is 0 Å². The molecule has 0 saturated carbocycles. The molecule has 0 unspecified atom stereocenters. The van der Waals surface area contributed by atoms with Gasteiger partial charge >= 0.3 is 0 Å². The molecule has 0 aliphatic carbocycles. The third-order valence-electron chi connectivity index (χ3n) is 4.87. The lowest BCUT2D eigenvalue weighted by Crippen LogP contribution is -2.29. The summed E-state index contributed by atoms with van der Waals surface area (Å²) in [6.45, 7) is 0. The van der Waals surface area contributed by atoms with Gasteiger partial charge in [-0.05, 0) is 34.7 Å². The third-order valence-corrected chi connectivity index (χ3v) is 5.43. The number of H-pyrrole nitrogens is 1. The molecule has 1 aliphatic heterocycles. The van der Waals surface area contributed by atoms with E-state index in [2.05, 4.69) is 31.0 Å². The summed E-state index contributed by atoms with van der Waals surface area (Å²) in [6.07, 6.45) is 0. The van der Waals surface area contributed by atoms with Crippen molar-refractivity contribution in [1.29, 1.82) is 0 Å². The molecule has 2 aromatic heterocycles. The summed E-state index contributed by atoms with van der Waals surface area (Å²) >= 11 is 12.6. The number of aromatic amines is 1. The predicted molar refractivity (Wildman–Crippen MR) is 112 cm³/mol. The van der Waals surface area contributed by atoms with Crippen molar-refractivity contribution in [1.82, 2.24) is 30.4 Å². The number of ether oxygens (including phenoxy) is 1. The van der Waals surface area contributed by atoms with Crippen LogP contribution in [0.15, 0.2) is 47.3 Å². The highest BCUT2D eigenvalue weighted by Gasteiger charge is 2.35. The van der Waals surface area contributed by atoms with Crippen LogP contribution in [0.1, 0.15) is 17.2 Å². The van der Waals surface area contributed by atoms with Crippen molar-refractivity contribution in [3.8, 4) is 17.0 Å². The first kappa shape index (κ1) is 18.6. The summed E-state index contributed by atoms with van der Waals surface area (Å²) in [5.41, 5.74) is 2.43. The molecule has 0 amide bonds. The largest absolute Gasteiger partial charge is 0.497 e. The van der Waals surface area contributed by atoms with E-state index in [1.165, 1.54) is 0 Å². The molecule has 1 aliphatic rings. The second-order valence-electron chi connectivity index (χ2n) is 6.56. The van der Waals surface area contributed by atoms with E-state index in [1.54, 1.807) is 30.0 Å². The van der Waals surface area contributed by atoms with Crippen molar-refractivity contribution < 1.29 is 4.74 Å². The monoisotopic (exact) mass is 441 g/mol. The lowest BCUT2D eigenvalue weighted by atomic mass is 9.92. The quantitative estimate of drug-likeness (QED) is 0.441. The van der Waals surface area contributed by atoms with Gasteiger partial charge in [-0.25, -0.2) is 5.10 Å². The third kappa shape index (κ3) is 2.90. The zero-order valence-corrected chi connectivity index (χ0v) is 16.9. The fourth-order valence-corrected chi connectivity index (χ4v) is 4.05. The van der Waals surface area contributed by atoms with Gasteiger partial charge in [0.25, 0.3) is 5.56 Å². The van der Waals surface area contributed by atoms with Gasteiger partial charge in [-0.3, -0.25) is 4.79 Å². The molecule has 3 heterocycles. The lowest BCUT2D eigenvalue weighted by molar-refractivity contribution is 0.415. The Hall–Kier alpha value is -3.43. The fourth-order valence-electron chi connectivity index (χ4n) is 3.54. The summed E-state index contributed by atoms with van der Waals surface area (Å²) in [6, 6.07) is 11.9. The van der Waals surface area contributed by atoms with Crippen molar-refractivity contribution in [3.05, 3.63) is 74.0 Å². The van der Waals surface area contributed by atoms with Crippen LogP contribution < -0.4 is 15.6 Å². The number of rotatable bonds is 3. The SMILES string of the molecule is COc1cccc(-c2n[nH]c(=O)c3c2[C@H](c2ccc(Cl)cc2Cl)n2nnnc2N3)c1. The molecular formula is C19H13Cl2N7O2. The van der Waals surface area contributed by atoms with Crippen LogP contribution in [-0.4, -0.2) is 37.5 Å². The Morgan fingerprint density at radius 3 is 2.83 bits per heavy atom. The van der Waals surface area contributed by atoms with Gasteiger partial charge in [-0.2, -0.15) is 9.78 Å². The van der Waals surface area contributed by atoms with Crippen LogP contribution in [0.25, 0.3) is 11.3 Å². The molecule has 150 valence electrons. The van der Waals surface area contributed by atoms with Crippen molar-refractivity contribution in [3.63, 3.8) is 0 Å². The van der Waals surface area contributed by atoms with E-state index in [9.17, 15) is 4.79 Å². The van der Waals surface area contributed by atoms with Crippen molar-refractivity contribution >= 4 is 34.8 Å². The minimum absolute atomic E-state index is 0.293. The molecule has 11 heteroatoms. The van der Waals surface area contributed by atoms with E-state index < -0.39 is 11.6 Å². The summed E-state index contributed by atoms with van der Waals surface area (Å²) < 4.78 is 6.90. The summed E-state index contributed by atoms with van der Waals surface area (Å²) in [5, 5.41) is 22.6. The zero-order chi connectivity index (χ0) is 20.8. The Morgan fingerprint density at radius 1 is 1.17 bits per heavy atom. The van der Waals surface area contributed by atoms with Crippen LogP contribution in [0.4, 0.5) is 11.6 Å². The molecule has 1 atom stereocenters. The van der Waals surface area contributed by atoms with Crippen molar-refractivity contribution in [2.24, 2.45) is 0 Å². The number of fused-ring (bicyclic) bond motifs is 2. The van der Waals surface area contributed by atoms with E-state index in [1.807, 2.05) is 24.3 Å². The lowest BCUT2D eigenvalue weighted by Gasteiger charge is -2.28. The van der Waals surface area contributed by atoms with E-state index >= 15 is 0 Å². The van der Waals surface area contributed by atoms with Crippen LogP contribution in [0.2, 0.25) is 10.0 Å². The summed E-state index contributed by atoms with van der Waals surface area (Å²) in [5.74, 6) is 0.967. The maximum absolute atomic E-state index is 12.7. The molecule has 0 bridgehead atoms. The molecule has 0 spiro atoms. The first-order valence-electron chi connectivity index (χ1n) is 8.83. The van der Waals surface area contributed by atoms with Gasteiger partial charge in [0.15, 0.2) is 0 Å². The highest BCUT2D eigenvalue weighted by Crippen LogP contribution is 2.43. The second-order valence-corrected chi connectivity index (χ2v) is 7.41. The Kier molecular flexibility index (Phi) is 4.41. The minimum Gasteiger partial charge on any atom is -0.497 e. The van der Waals surface area contributed by atoms with Gasteiger partial charge in [0.05, 0.1) is 12.8 Å². The zero-order valence-electron chi connectivity index (χ0n) is 15.4. The first-order chi connectivity index (χ1) is 14.6. The van der Waals surface area contributed by atoms with Crippen LogP contribution >= 0.6 is 23.2 Å². The van der Waals surface area contributed by atoms with E-state index in [-0.39, 0.29) is 0 Å². The minimum atomic E-state index is -0.605. The summed E-state index contributed by atoms with van der Waals surface area (Å²) in [7, 11) is 1.58. The molecule has 5 rings (SSSR count). The van der Waals surface area contributed by atoms with Crippen LogP contribution in [0.5, 0.6) is 5.75 Å². The Bertz CT molecular complexity index is 1330. The Balaban J connectivity index is 1.83. The van der Waals surface area contributed by atoms with E-state index in [0.29, 0.717) is 44.3 Å². The first-order valence-corrected chi connectivity index (χ1v) is 9.59. The average molecular weight is 442 g/mol. The maximum Gasteiger partial charge on any atom is 0.288 e. The number of nitrogens with zero attached hydrogens (tertiary/aromatic N) is 5. The van der Waals surface area contributed by atoms with Crippen molar-refractivity contribution in [2.45, 2.75) is 6.04 Å². The van der Waals surface area contributed by atoms with Gasteiger partial charge in [0.2, 0.25) is 5.95 Å². The number of aromatic nitrogens is 6. The highest BCUT2D eigenvalue weighted by atomic mass is 35.5. The Labute approximate surface area is 179 Å². The molecule has 0 saturated heterocycles. The average Bonchev–Trinajstić information content (AvgIpc) is 3.22. The van der Waals surface area contributed by atoms with Gasteiger partial charge in [0.1, 0.15) is 17.5 Å². The van der Waals surface area contributed by atoms with E-state index in [4.69, 9.17) is 27.9 Å². The maximum atomic E-state index is 12.7. The number of hydrogen-bond donors (Lipinski definition) is 2. The normalized spacial score (nSPS) is 14.6.